The maximum atomic E-state index is 12.9. The summed E-state index contributed by atoms with van der Waals surface area (Å²) in [6.45, 7) is 1.66. The first-order valence-corrected chi connectivity index (χ1v) is 9.63. The largest absolute Gasteiger partial charge is 0.387 e. The van der Waals surface area contributed by atoms with Crippen LogP contribution >= 0.6 is 0 Å². The molecular weight excluding hydrogens is 342 g/mol. The fraction of sp³-hybridized carbons (Fsp3) is 0.524. The number of amides is 1. The van der Waals surface area contributed by atoms with Gasteiger partial charge in [0.25, 0.3) is 0 Å². The predicted molar refractivity (Wildman–Crippen MR) is 104 cm³/mol. The number of β-amino-alcohol motifs (C(OH)–C–C–N with tert-alkyl or cyclic N) is 1. The predicted octanol–water partition coefficient (Wildman–Crippen LogP) is 1.76. The number of likely N-dealkylation sites (N-methyl/N-ethyl adjacent to an activating group) is 1. The minimum atomic E-state index is -0.842. The van der Waals surface area contributed by atoms with E-state index in [1.807, 2.05) is 54.0 Å². The molecule has 1 amide bonds. The molecule has 1 aliphatic heterocycles. The van der Waals surface area contributed by atoms with Gasteiger partial charge in [-0.25, -0.2) is 0 Å². The molecule has 2 heterocycles. The second-order valence-electron chi connectivity index (χ2n) is 8.35. The highest BCUT2D eigenvalue weighted by Gasteiger charge is 2.38. The molecule has 6 heteroatoms. The normalized spacial score (nSPS) is 22.7. The van der Waals surface area contributed by atoms with Gasteiger partial charge in [-0.05, 0) is 39.4 Å². The van der Waals surface area contributed by atoms with Crippen molar-refractivity contribution in [2.24, 2.45) is 5.92 Å². The number of ketones is 1. The highest BCUT2D eigenvalue weighted by atomic mass is 16.3. The van der Waals surface area contributed by atoms with Gasteiger partial charge in [-0.3, -0.25) is 9.59 Å². The van der Waals surface area contributed by atoms with Crippen LogP contribution in [0.2, 0.25) is 0 Å². The standard InChI is InChI=1S/C21H27N3O3/c1-22(2)13-21(27)9-10-23(14-21)19(25)12-24-11-17(20(26)15-7-8-15)16-5-3-4-6-18(16)24/h3-6,11,15,27H,7-10,12-14H2,1-2H3/t21-/m1/s1. The second-order valence-corrected chi connectivity index (χ2v) is 8.35. The average molecular weight is 369 g/mol. The Morgan fingerprint density at radius 3 is 2.70 bits per heavy atom. The lowest BCUT2D eigenvalue weighted by Crippen LogP contribution is -2.44. The Hall–Kier alpha value is -2.18. The monoisotopic (exact) mass is 369 g/mol. The molecule has 2 fully saturated rings. The summed E-state index contributed by atoms with van der Waals surface area (Å²) in [7, 11) is 3.85. The molecule has 0 bridgehead atoms. The molecule has 144 valence electrons. The number of para-hydroxylation sites is 1. The SMILES string of the molecule is CN(C)C[C@]1(O)CCN(C(=O)Cn2cc(C(=O)C3CC3)c3ccccc32)C1. The third kappa shape index (κ3) is 3.64. The minimum Gasteiger partial charge on any atom is -0.387 e. The number of likely N-dealkylation sites (tertiary alicyclic amines) is 1. The number of fused-ring (bicyclic) bond motifs is 1. The summed E-state index contributed by atoms with van der Waals surface area (Å²) in [4.78, 5) is 29.2. The van der Waals surface area contributed by atoms with E-state index in [9.17, 15) is 14.7 Å². The molecule has 1 atom stereocenters. The van der Waals surface area contributed by atoms with Crippen LogP contribution in [0.3, 0.4) is 0 Å². The van der Waals surface area contributed by atoms with E-state index in [2.05, 4.69) is 0 Å². The van der Waals surface area contributed by atoms with Crippen LogP contribution < -0.4 is 0 Å². The van der Waals surface area contributed by atoms with Crippen molar-refractivity contribution in [3.63, 3.8) is 0 Å². The van der Waals surface area contributed by atoms with Gasteiger partial charge in [0.2, 0.25) is 5.91 Å². The molecule has 1 N–H and O–H groups in total. The van der Waals surface area contributed by atoms with E-state index < -0.39 is 5.60 Å². The van der Waals surface area contributed by atoms with E-state index in [4.69, 9.17) is 0 Å². The molecular formula is C21H27N3O3. The number of nitrogens with zero attached hydrogens (tertiary/aromatic N) is 3. The van der Waals surface area contributed by atoms with E-state index in [-0.39, 0.29) is 24.2 Å². The number of aliphatic hydroxyl groups is 1. The van der Waals surface area contributed by atoms with E-state index in [0.29, 0.717) is 26.1 Å². The summed E-state index contributed by atoms with van der Waals surface area (Å²) in [5.41, 5.74) is 0.800. The molecule has 1 saturated carbocycles. The Labute approximate surface area is 159 Å². The maximum Gasteiger partial charge on any atom is 0.242 e. The first kappa shape index (κ1) is 18.2. The minimum absolute atomic E-state index is 0.0177. The zero-order valence-corrected chi connectivity index (χ0v) is 16.0. The van der Waals surface area contributed by atoms with Crippen LogP contribution in [0.5, 0.6) is 0 Å². The molecule has 1 aromatic heterocycles. The summed E-state index contributed by atoms with van der Waals surface area (Å²) in [6, 6.07) is 7.77. The third-order valence-corrected chi connectivity index (χ3v) is 5.60. The zero-order chi connectivity index (χ0) is 19.2. The molecule has 2 aromatic rings. The summed E-state index contributed by atoms with van der Waals surface area (Å²) >= 11 is 0. The van der Waals surface area contributed by atoms with Gasteiger partial charge in [0.1, 0.15) is 6.54 Å². The van der Waals surface area contributed by atoms with E-state index in [1.165, 1.54) is 0 Å². The third-order valence-electron chi connectivity index (χ3n) is 5.60. The second kappa shape index (κ2) is 6.77. The van der Waals surface area contributed by atoms with Crippen molar-refractivity contribution in [2.45, 2.75) is 31.4 Å². The quantitative estimate of drug-likeness (QED) is 0.788. The summed E-state index contributed by atoms with van der Waals surface area (Å²) in [5, 5.41) is 11.6. The van der Waals surface area contributed by atoms with Crippen molar-refractivity contribution >= 4 is 22.6 Å². The van der Waals surface area contributed by atoms with Crippen LogP contribution in [-0.4, -0.2) is 70.5 Å². The Morgan fingerprint density at radius 1 is 1.26 bits per heavy atom. The van der Waals surface area contributed by atoms with Gasteiger partial charge in [0.05, 0.1) is 12.1 Å². The number of hydrogen-bond acceptors (Lipinski definition) is 4. The van der Waals surface area contributed by atoms with Crippen molar-refractivity contribution in [3.8, 4) is 0 Å². The Morgan fingerprint density at radius 2 is 2.00 bits per heavy atom. The average Bonchev–Trinajstić information content (AvgIpc) is 3.31. The first-order valence-electron chi connectivity index (χ1n) is 9.63. The summed E-state index contributed by atoms with van der Waals surface area (Å²) < 4.78 is 1.89. The molecule has 4 rings (SSSR count). The molecule has 2 aliphatic rings. The van der Waals surface area contributed by atoms with Crippen LogP contribution in [0.25, 0.3) is 10.9 Å². The van der Waals surface area contributed by atoms with Crippen molar-refractivity contribution in [2.75, 3.05) is 33.7 Å². The van der Waals surface area contributed by atoms with E-state index in [1.54, 1.807) is 4.90 Å². The van der Waals surface area contributed by atoms with Crippen LogP contribution in [0, 0.1) is 5.92 Å². The van der Waals surface area contributed by atoms with Crippen molar-refractivity contribution in [1.29, 1.82) is 0 Å². The van der Waals surface area contributed by atoms with E-state index in [0.717, 1.165) is 29.3 Å². The number of benzene rings is 1. The molecule has 1 aliphatic carbocycles. The van der Waals surface area contributed by atoms with E-state index >= 15 is 0 Å². The van der Waals surface area contributed by atoms with Crippen molar-refractivity contribution < 1.29 is 14.7 Å². The number of hydrogen-bond donors (Lipinski definition) is 1. The van der Waals surface area contributed by atoms with Crippen LogP contribution in [0.1, 0.15) is 29.6 Å². The lowest BCUT2D eigenvalue weighted by atomic mass is 10.0. The van der Waals surface area contributed by atoms with Gasteiger partial charge >= 0.3 is 0 Å². The summed E-state index contributed by atoms with van der Waals surface area (Å²) in [6.07, 6.45) is 4.37. The molecule has 1 saturated heterocycles. The van der Waals surface area contributed by atoms with Gasteiger partial charge in [0.15, 0.2) is 5.78 Å². The number of aromatic nitrogens is 1. The topological polar surface area (TPSA) is 65.8 Å². The fourth-order valence-corrected chi connectivity index (χ4v) is 4.17. The lowest BCUT2D eigenvalue weighted by molar-refractivity contribution is -0.131. The molecule has 0 unspecified atom stereocenters. The maximum absolute atomic E-state index is 12.9. The molecule has 1 aromatic carbocycles. The first-order chi connectivity index (χ1) is 12.9. The van der Waals surface area contributed by atoms with Crippen LogP contribution in [-0.2, 0) is 11.3 Å². The van der Waals surface area contributed by atoms with Crippen LogP contribution in [0.4, 0.5) is 0 Å². The van der Waals surface area contributed by atoms with Crippen molar-refractivity contribution in [3.05, 3.63) is 36.0 Å². The fourth-order valence-electron chi connectivity index (χ4n) is 4.17. The molecule has 27 heavy (non-hydrogen) atoms. The zero-order valence-electron chi connectivity index (χ0n) is 16.0. The Bertz CT molecular complexity index is 884. The Kier molecular flexibility index (Phi) is 4.56. The number of rotatable bonds is 6. The number of Topliss-reactive ketones (excluding diaryl/α,β-unsaturated/α-hetero) is 1. The van der Waals surface area contributed by atoms with Crippen LogP contribution in [0.15, 0.2) is 30.5 Å². The lowest BCUT2D eigenvalue weighted by Gasteiger charge is -2.26. The van der Waals surface area contributed by atoms with Gasteiger partial charge < -0.3 is 19.5 Å². The number of carbonyl (C=O) groups is 2. The number of carbonyl (C=O) groups excluding carboxylic acids is 2. The highest BCUT2D eigenvalue weighted by Crippen LogP contribution is 2.35. The highest BCUT2D eigenvalue weighted by molar-refractivity contribution is 6.10. The van der Waals surface area contributed by atoms with Gasteiger partial charge in [-0.1, -0.05) is 18.2 Å². The Balaban J connectivity index is 1.54. The van der Waals surface area contributed by atoms with Gasteiger partial charge in [-0.15, -0.1) is 0 Å². The molecule has 0 spiro atoms. The molecule has 0 radical (unpaired) electrons. The van der Waals surface area contributed by atoms with Crippen molar-refractivity contribution in [1.82, 2.24) is 14.4 Å². The smallest absolute Gasteiger partial charge is 0.242 e. The molecule has 6 nitrogen and oxygen atoms in total. The van der Waals surface area contributed by atoms with Gasteiger partial charge in [-0.2, -0.15) is 0 Å². The summed E-state index contributed by atoms with van der Waals surface area (Å²) in [5.74, 6) is 0.328. The van der Waals surface area contributed by atoms with Gasteiger partial charge in [0, 0.05) is 41.7 Å².